The van der Waals surface area contributed by atoms with Crippen molar-refractivity contribution in [2.75, 3.05) is 29.7 Å². The topological polar surface area (TPSA) is 77.5 Å². The first-order chi connectivity index (χ1) is 17.9. The molecule has 8 nitrogen and oxygen atoms in total. The molecule has 0 fully saturated rings. The standard InChI is InChI=1S/C28H41IN2O6Si/c1-9-13-36-27(33)31-21-17-24(35-14-11-10-12-29)23(34-6)16-20(21)25(32)30-18-19(2)15-22(30)26(31)37-38(7,8)28(3,4)5/h9,16-18,22,26H,1,10-15H2,2-8H3/t22-,26-/m0/s1. The van der Waals surface area contributed by atoms with Crippen LogP contribution in [0.5, 0.6) is 11.5 Å². The molecule has 0 radical (unpaired) electrons. The fraction of sp³-hybridized carbons (Fsp3) is 0.571. The molecule has 0 aromatic heterocycles. The van der Waals surface area contributed by atoms with Gasteiger partial charge in [0, 0.05) is 12.3 Å². The van der Waals surface area contributed by atoms with Gasteiger partial charge < -0.3 is 23.5 Å². The van der Waals surface area contributed by atoms with E-state index >= 15 is 0 Å². The average molecular weight is 657 g/mol. The number of amides is 2. The Kier molecular flexibility index (Phi) is 9.96. The van der Waals surface area contributed by atoms with Gasteiger partial charge in [0.2, 0.25) is 0 Å². The molecule has 38 heavy (non-hydrogen) atoms. The molecule has 210 valence electrons. The van der Waals surface area contributed by atoms with E-state index in [4.69, 9.17) is 18.6 Å². The van der Waals surface area contributed by atoms with Crippen LogP contribution in [0.3, 0.4) is 0 Å². The number of hydrogen-bond donors (Lipinski definition) is 0. The quantitative estimate of drug-likeness (QED) is 0.0897. The Hall–Kier alpha value is -2.05. The van der Waals surface area contributed by atoms with Crippen molar-refractivity contribution in [2.24, 2.45) is 0 Å². The molecule has 3 rings (SSSR count). The lowest BCUT2D eigenvalue weighted by Crippen LogP contribution is -2.57. The highest BCUT2D eigenvalue weighted by molar-refractivity contribution is 14.1. The molecule has 1 aromatic rings. The van der Waals surface area contributed by atoms with Crippen molar-refractivity contribution in [1.29, 1.82) is 0 Å². The van der Waals surface area contributed by atoms with E-state index in [0.29, 0.717) is 35.8 Å². The maximum atomic E-state index is 14.0. The summed E-state index contributed by atoms with van der Waals surface area (Å²) in [4.78, 5) is 30.9. The maximum Gasteiger partial charge on any atom is 0.416 e. The van der Waals surface area contributed by atoms with E-state index < -0.39 is 26.7 Å². The summed E-state index contributed by atoms with van der Waals surface area (Å²) in [6.07, 6.45) is 4.51. The molecule has 0 saturated heterocycles. The van der Waals surface area contributed by atoms with Gasteiger partial charge in [-0.15, -0.1) is 0 Å². The van der Waals surface area contributed by atoms with E-state index in [9.17, 15) is 9.59 Å². The molecule has 0 saturated carbocycles. The zero-order valence-electron chi connectivity index (χ0n) is 23.6. The molecule has 0 N–H and O–H groups in total. The van der Waals surface area contributed by atoms with Gasteiger partial charge in [-0.1, -0.05) is 61.6 Å². The molecule has 2 atom stereocenters. The smallest absolute Gasteiger partial charge is 0.416 e. The van der Waals surface area contributed by atoms with Crippen molar-refractivity contribution in [3.63, 3.8) is 0 Å². The van der Waals surface area contributed by atoms with Gasteiger partial charge in [0.05, 0.1) is 31.0 Å². The van der Waals surface area contributed by atoms with E-state index in [1.54, 1.807) is 24.1 Å². The summed E-state index contributed by atoms with van der Waals surface area (Å²) in [6.45, 7) is 16.9. The maximum absolute atomic E-state index is 14.0. The van der Waals surface area contributed by atoms with Crippen LogP contribution in [-0.4, -0.2) is 62.2 Å². The van der Waals surface area contributed by atoms with Crippen LogP contribution in [0.1, 0.15) is 57.3 Å². The molecule has 2 aliphatic heterocycles. The minimum absolute atomic E-state index is 0.0346. The third kappa shape index (κ3) is 6.39. The van der Waals surface area contributed by atoms with E-state index in [2.05, 4.69) is 63.0 Å². The van der Waals surface area contributed by atoms with Crippen LogP contribution in [0.4, 0.5) is 10.5 Å². The first-order valence-electron chi connectivity index (χ1n) is 13.0. The number of rotatable bonds is 10. The Bertz CT molecular complexity index is 1080. The highest BCUT2D eigenvalue weighted by atomic mass is 127. The SMILES string of the molecule is C=CCOC(=O)N1c2cc(OCCCCI)c(OC)cc2C(=O)N2C=C(C)C[C@H]2[C@@H]1O[Si](C)(C)C(C)(C)C. The Labute approximate surface area is 241 Å². The monoisotopic (exact) mass is 656 g/mol. The van der Waals surface area contributed by atoms with E-state index in [-0.39, 0.29) is 17.6 Å². The molecular weight excluding hydrogens is 615 g/mol. The second kappa shape index (κ2) is 12.4. The summed E-state index contributed by atoms with van der Waals surface area (Å²) in [5.74, 6) is 0.680. The van der Waals surface area contributed by atoms with Crippen molar-refractivity contribution in [2.45, 2.75) is 77.4 Å². The number of unbranched alkanes of at least 4 members (excludes halogenated alkanes) is 1. The number of carbonyl (C=O) groups is 2. The molecule has 2 heterocycles. The molecule has 0 bridgehead atoms. The summed E-state index contributed by atoms with van der Waals surface area (Å²) < 4.78 is 25.3. The predicted molar refractivity (Wildman–Crippen MR) is 161 cm³/mol. The summed E-state index contributed by atoms with van der Waals surface area (Å²) in [7, 11) is -0.863. The van der Waals surface area contributed by atoms with Crippen molar-refractivity contribution < 1.29 is 28.2 Å². The van der Waals surface area contributed by atoms with Crippen LogP contribution in [0.25, 0.3) is 0 Å². The number of carbonyl (C=O) groups excluding carboxylic acids is 2. The number of halogens is 1. The van der Waals surface area contributed by atoms with E-state index in [0.717, 1.165) is 22.8 Å². The fourth-order valence-corrected chi connectivity index (χ4v) is 6.05. The van der Waals surface area contributed by atoms with E-state index in [1.807, 2.05) is 13.1 Å². The predicted octanol–water partition coefficient (Wildman–Crippen LogP) is 6.90. The number of nitrogens with zero attached hydrogens (tertiary/aromatic N) is 2. The van der Waals surface area contributed by atoms with Crippen molar-refractivity contribution >= 4 is 48.6 Å². The second-order valence-corrected chi connectivity index (χ2v) is 17.1. The Morgan fingerprint density at radius 1 is 1.24 bits per heavy atom. The van der Waals surface area contributed by atoms with Gasteiger partial charge >= 0.3 is 6.09 Å². The number of methoxy groups -OCH3 is 1. The number of anilines is 1. The molecule has 0 spiro atoms. The molecule has 1 aromatic carbocycles. The normalized spacial score (nSPS) is 19.4. The molecule has 0 aliphatic carbocycles. The molecule has 10 heteroatoms. The zero-order valence-corrected chi connectivity index (χ0v) is 26.8. The van der Waals surface area contributed by atoms with Crippen LogP contribution < -0.4 is 14.4 Å². The summed E-state index contributed by atoms with van der Waals surface area (Å²) >= 11 is 2.34. The highest BCUT2D eigenvalue weighted by Gasteiger charge is 2.50. The lowest BCUT2D eigenvalue weighted by atomic mass is 10.1. The van der Waals surface area contributed by atoms with Crippen molar-refractivity contribution in [3.05, 3.63) is 42.1 Å². The Morgan fingerprint density at radius 3 is 2.55 bits per heavy atom. The molecule has 2 amide bonds. The van der Waals surface area contributed by atoms with Gasteiger partial charge in [-0.2, -0.15) is 0 Å². The summed E-state index contributed by atoms with van der Waals surface area (Å²) in [5.41, 5.74) is 1.75. The van der Waals surface area contributed by atoms with Gasteiger partial charge in [0.1, 0.15) is 6.61 Å². The van der Waals surface area contributed by atoms with Crippen LogP contribution in [0, 0.1) is 0 Å². The van der Waals surface area contributed by atoms with Gasteiger partial charge in [0.25, 0.3) is 5.91 Å². The lowest BCUT2D eigenvalue weighted by Gasteiger charge is -2.44. The van der Waals surface area contributed by atoms with Crippen molar-refractivity contribution in [3.8, 4) is 11.5 Å². The zero-order chi connectivity index (χ0) is 28.3. The van der Waals surface area contributed by atoms with Gasteiger partial charge in [-0.25, -0.2) is 9.69 Å². The van der Waals surface area contributed by atoms with Gasteiger partial charge in [0.15, 0.2) is 26.0 Å². The average Bonchev–Trinajstić information content (AvgIpc) is 3.21. The second-order valence-electron chi connectivity index (χ2n) is 11.2. The third-order valence-electron chi connectivity index (χ3n) is 7.37. The first kappa shape index (κ1) is 30.5. The van der Waals surface area contributed by atoms with Crippen LogP contribution in [-0.2, 0) is 9.16 Å². The number of ether oxygens (including phenoxy) is 3. The fourth-order valence-electron chi connectivity index (χ4n) is 4.29. The number of hydrogen-bond acceptors (Lipinski definition) is 6. The van der Waals surface area contributed by atoms with Crippen molar-refractivity contribution in [1.82, 2.24) is 4.90 Å². The summed E-state index contributed by atoms with van der Waals surface area (Å²) in [6, 6.07) is 2.97. The van der Waals surface area contributed by atoms with Crippen LogP contribution in [0.2, 0.25) is 18.1 Å². The van der Waals surface area contributed by atoms with Crippen LogP contribution in [0.15, 0.2) is 36.6 Å². The minimum atomic E-state index is -2.41. The number of fused-ring (bicyclic) bond motifs is 2. The largest absolute Gasteiger partial charge is 0.493 e. The lowest BCUT2D eigenvalue weighted by molar-refractivity contribution is 0.0589. The van der Waals surface area contributed by atoms with Gasteiger partial charge in [-0.05, 0) is 54.8 Å². The highest BCUT2D eigenvalue weighted by Crippen LogP contribution is 2.45. The third-order valence-corrected chi connectivity index (χ3v) is 12.6. The van der Waals surface area contributed by atoms with Crippen LogP contribution >= 0.6 is 22.6 Å². The first-order valence-corrected chi connectivity index (χ1v) is 17.4. The summed E-state index contributed by atoms with van der Waals surface area (Å²) in [5, 5.41) is -0.123. The molecule has 2 aliphatic rings. The molecule has 0 unspecified atom stereocenters. The Balaban J connectivity index is 2.22. The molecular formula is C28H41IN2O6Si. The minimum Gasteiger partial charge on any atom is -0.493 e. The van der Waals surface area contributed by atoms with Gasteiger partial charge in [-0.3, -0.25) is 4.79 Å². The number of benzene rings is 1. The number of alkyl halides is 1. The van der Waals surface area contributed by atoms with E-state index in [1.165, 1.54) is 11.0 Å². The Morgan fingerprint density at radius 2 is 1.95 bits per heavy atom.